The molecule has 3 rings (SSSR count). The van der Waals surface area contributed by atoms with Crippen molar-refractivity contribution < 1.29 is 31.9 Å². The van der Waals surface area contributed by atoms with Crippen molar-refractivity contribution in [3.05, 3.63) is 59.5 Å². The Labute approximate surface area is 182 Å². The van der Waals surface area contributed by atoms with E-state index in [1.807, 2.05) is 0 Å². The van der Waals surface area contributed by atoms with Crippen LogP contribution in [0.5, 0.6) is 0 Å². The molecule has 6 nitrogen and oxygen atoms in total. The number of hydrogen-bond acceptors (Lipinski definition) is 5. The second-order valence-corrected chi connectivity index (χ2v) is 7.61. The summed E-state index contributed by atoms with van der Waals surface area (Å²) in [5.41, 5.74) is -0.0953. The second kappa shape index (κ2) is 9.97. The summed E-state index contributed by atoms with van der Waals surface area (Å²) in [5, 5.41) is 2.68. The van der Waals surface area contributed by atoms with Crippen LogP contribution in [0.15, 0.2) is 42.6 Å². The third-order valence-corrected chi connectivity index (χ3v) is 5.32. The largest absolute Gasteiger partial charge is 0.455 e. The van der Waals surface area contributed by atoms with Crippen LogP contribution in [0.4, 0.5) is 23.4 Å². The number of hydrogen-bond donors (Lipinski definition) is 1. The maximum atomic E-state index is 13.0. The topological polar surface area (TPSA) is 71.5 Å². The number of aromatic nitrogens is 1. The third-order valence-electron chi connectivity index (χ3n) is 5.32. The molecule has 0 saturated carbocycles. The molecule has 1 aliphatic heterocycles. The summed E-state index contributed by atoms with van der Waals surface area (Å²) in [6.07, 6.45) is -2.77. The summed E-state index contributed by atoms with van der Waals surface area (Å²) < 4.78 is 56.1. The molecule has 10 heteroatoms. The third kappa shape index (κ3) is 6.18. The van der Waals surface area contributed by atoms with E-state index in [-0.39, 0.29) is 11.9 Å². The van der Waals surface area contributed by atoms with Crippen molar-refractivity contribution in [1.29, 1.82) is 0 Å². The highest BCUT2D eigenvalue weighted by Gasteiger charge is 2.32. The molecule has 0 aliphatic carbocycles. The minimum Gasteiger partial charge on any atom is -0.455 e. The highest BCUT2D eigenvalue weighted by atomic mass is 19.4. The van der Waals surface area contributed by atoms with Gasteiger partial charge >= 0.3 is 12.1 Å². The highest BCUT2D eigenvalue weighted by Crippen LogP contribution is 2.30. The van der Waals surface area contributed by atoms with Crippen LogP contribution < -0.4 is 10.2 Å². The van der Waals surface area contributed by atoms with E-state index >= 15 is 0 Å². The molecule has 0 unspecified atom stereocenters. The van der Waals surface area contributed by atoms with Crippen molar-refractivity contribution in [2.24, 2.45) is 5.92 Å². The van der Waals surface area contributed by atoms with Gasteiger partial charge in [0.2, 0.25) is 0 Å². The number of amides is 1. The molecule has 1 atom stereocenters. The van der Waals surface area contributed by atoms with Gasteiger partial charge in [-0.25, -0.2) is 9.37 Å². The Morgan fingerprint density at radius 1 is 1.16 bits per heavy atom. The van der Waals surface area contributed by atoms with Crippen LogP contribution in [-0.4, -0.2) is 36.6 Å². The number of esters is 1. The van der Waals surface area contributed by atoms with Gasteiger partial charge in [0.15, 0.2) is 6.61 Å². The van der Waals surface area contributed by atoms with E-state index in [1.165, 1.54) is 18.2 Å². The summed E-state index contributed by atoms with van der Waals surface area (Å²) in [6, 6.07) is 7.63. The number of piperidine rings is 1. The van der Waals surface area contributed by atoms with Crippen molar-refractivity contribution >= 4 is 17.7 Å². The molecule has 1 saturated heterocycles. The lowest BCUT2D eigenvalue weighted by Crippen LogP contribution is -2.38. The molecule has 2 heterocycles. The van der Waals surface area contributed by atoms with Gasteiger partial charge in [0.25, 0.3) is 5.91 Å². The molecule has 1 aromatic carbocycles. The standard InChI is InChI=1S/C22H23F4N3O3/c1-14(15-2-5-18(23)6-3-15)28-20(30)13-32-21(31)16-8-10-29(11-9-16)19-7-4-17(12-27-19)22(24,25)26/h2-7,12,14,16H,8-11,13H2,1H3,(H,28,30)/t14-/m1/s1. The molecule has 1 N–H and O–H groups in total. The molecule has 2 aromatic rings. The maximum Gasteiger partial charge on any atom is 0.417 e. The van der Waals surface area contributed by atoms with Gasteiger partial charge < -0.3 is 15.0 Å². The van der Waals surface area contributed by atoms with Gasteiger partial charge in [-0.15, -0.1) is 0 Å². The quantitative estimate of drug-likeness (QED) is 0.531. The van der Waals surface area contributed by atoms with Gasteiger partial charge in [0.05, 0.1) is 17.5 Å². The molecular formula is C22H23F4N3O3. The van der Waals surface area contributed by atoms with E-state index in [4.69, 9.17) is 4.74 Å². The number of rotatable bonds is 6. The monoisotopic (exact) mass is 453 g/mol. The Kier molecular flexibility index (Phi) is 7.32. The molecule has 0 radical (unpaired) electrons. The number of ether oxygens (including phenoxy) is 1. The number of halogens is 4. The highest BCUT2D eigenvalue weighted by molar-refractivity contribution is 5.81. The van der Waals surface area contributed by atoms with Crippen LogP contribution in [-0.2, 0) is 20.5 Å². The Morgan fingerprint density at radius 2 is 1.81 bits per heavy atom. The number of carbonyl (C=O) groups excluding carboxylic acids is 2. The predicted octanol–water partition coefficient (Wildman–Crippen LogP) is 3.88. The van der Waals surface area contributed by atoms with Crippen molar-refractivity contribution in [3.63, 3.8) is 0 Å². The van der Waals surface area contributed by atoms with E-state index in [0.717, 1.165) is 17.8 Å². The van der Waals surface area contributed by atoms with Gasteiger partial charge in [0, 0.05) is 19.3 Å². The first kappa shape index (κ1) is 23.5. The van der Waals surface area contributed by atoms with E-state index in [2.05, 4.69) is 10.3 Å². The molecule has 32 heavy (non-hydrogen) atoms. The average Bonchev–Trinajstić information content (AvgIpc) is 2.77. The number of alkyl halides is 3. The number of nitrogens with one attached hydrogen (secondary N) is 1. The number of anilines is 1. The Balaban J connectivity index is 1.42. The Hall–Kier alpha value is -3.17. The normalized spacial score (nSPS) is 15.8. The van der Waals surface area contributed by atoms with Crippen molar-refractivity contribution in [1.82, 2.24) is 10.3 Å². The molecule has 172 valence electrons. The zero-order valence-electron chi connectivity index (χ0n) is 17.4. The Bertz CT molecular complexity index is 925. The molecule has 0 bridgehead atoms. The summed E-state index contributed by atoms with van der Waals surface area (Å²) in [6.45, 7) is 2.18. The first-order chi connectivity index (χ1) is 15.1. The van der Waals surface area contributed by atoms with E-state index < -0.39 is 36.1 Å². The molecule has 0 spiro atoms. The van der Waals surface area contributed by atoms with E-state index in [0.29, 0.717) is 31.7 Å². The van der Waals surface area contributed by atoms with Gasteiger partial charge in [-0.2, -0.15) is 13.2 Å². The summed E-state index contributed by atoms with van der Waals surface area (Å²) in [7, 11) is 0. The van der Waals surface area contributed by atoms with E-state index in [1.54, 1.807) is 24.0 Å². The van der Waals surface area contributed by atoms with Gasteiger partial charge in [-0.1, -0.05) is 12.1 Å². The van der Waals surface area contributed by atoms with Crippen LogP contribution in [0, 0.1) is 11.7 Å². The number of carbonyl (C=O) groups is 2. The summed E-state index contributed by atoms with van der Waals surface area (Å²) in [5.74, 6) is -1.32. The first-order valence-corrected chi connectivity index (χ1v) is 10.1. The van der Waals surface area contributed by atoms with Crippen LogP contribution in [0.2, 0.25) is 0 Å². The smallest absolute Gasteiger partial charge is 0.417 e. The average molecular weight is 453 g/mol. The fraction of sp³-hybridized carbons (Fsp3) is 0.409. The minimum atomic E-state index is -4.44. The molecule has 1 aliphatic rings. The van der Waals surface area contributed by atoms with E-state index in [9.17, 15) is 27.2 Å². The first-order valence-electron chi connectivity index (χ1n) is 10.1. The van der Waals surface area contributed by atoms with Crippen LogP contribution in [0.25, 0.3) is 0 Å². The molecular weight excluding hydrogens is 430 g/mol. The van der Waals surface area contributed by atoms with Crippen LogP contribution in [0.1, 0.15) is 36.9 Å². The van der Waals surface area contributed by atoms with Gasteiger partial charge in [-0.05, 0) is 49.6 Å². The summed E-state index contributed by atoms with van der Waals surface area (Å²) in [4.78, 5) is 30.0. The zero-order chi connectivity index (χ0) is 23.3. The van der Waals surface area contributed by atoms with Crippen molar-refractivity contribution in [2.45, 2.75) is 32.0 Å². The number of pyridine rings is 1. The van der Waals surface area contributed by atoms with Crippen LogP contribution in [0.3, 0.4) is 0 Å². The summed E-state index contributed by atoms with van der Waals surface area (Å²) >= 11 is 0. The zero-order valence-corrected chi connectivity index (χ0v) is 17.4. The molecule has 1 amide bonds. The van der Waals surface area contributed by atoms with Gasteiger partial charge in [0.1, 0.15) is 11.6 Å². The van der Waals surface area contributed by atoms with Crippen molar-refractivity contribution in [2.75, 3.05) is 24.6 Å². The maximum absolute atomic E-state index is 13.0. The SMILES string of the molecule is C[C@@H](NC(=O)COC(=O)C1CCN(c2ccc(C(F)(F)F)cn2)CC1)c1ccc(F)cc1. The van der Waals surface area contributed by atoms with Gasteiger partial charge in [-0.3, -0.25) is 9.59 Å². The Morgan fingerprint density at radius 3 is 2.38 bits per heavy atom. The fourth-order valence-electron chi connectivity index (χ4n) is 3.46. The fourth-order valence-corrected chi connectivity index (χ4v) is 3.46. The lowest BCUT2D eigenvalue weighted by Gasteiger charge is -2.31. The van der Waals surface area contributed by atoms with Crippen molar-refractivity contribution in [3.8, 4) is 0 Å². The predicted molar refractivity (Wildman–Crippen MR) is 108 cm³/mol. The molecule has 1 fully saturated rings. The minimum absolute atomic E-state index is 0.374. The van der Waals surface area contributed by atoms with Crippen LogP contribution >= 0.6 is 0 Å². The number of benzene rings is 1. The lowest BCUT2D eigenvalue weighted by atomic mass is 9.97. The number of nitrogens with zero attached hydrogens (tertiary/aromatic N) is 2. The second-order valence-electron chi connectivity index (χ2n) is 7.61. The lowest BCUT2D eigenvalue weighted by molar-refractivity contribution is -0.153. The molecule has 1 aromatic heterocycles.